The summed E-state index contributed by atoms with van der Waals surface area (Å²) in [6.07, 6.45) is 0.146. The molecule has 0 spiro atoms. The third-order valence-corrected chi connectivity index (χ3v) is 4.77. The zero-order valence-corrected chi connectivity index (χ0v) is 15.5. The van der Waals surface area contributed by atoms with Crippen molar-refractivity contribution in [2.24, 2.45) is 0 Å². The summed E-state index contributed by atoms with van der Waals surface area (Å²) in [6.45, 7) is 3.86. The Morgan fingerprint density at radius 3 is 2.36 bits per heavy atom. The Labute approximate surface area is 162 Å². The average molecular weight is 387 g/mol. The summed E-state index contributed by atoms with van der Waals surface area (Å²) >= 11 is 0. The molecule has 7 heteroatoms. The molecule has 0 aliphatic carbocycles. The van der Waals surface area contributed by atoms with Gasteiger partial charge in [0, 0.05) is 51.8 Å². The molecule has 2 aromatic rings. The molecular formula is C21H23F2N3O2. The maximum atomic E-state index is 13.6. The second-order valence-corrected chi connectivity index (χ2v) is 6.77. The van der Waals surface area contributed by atoms with Gasteiger partial charge in [0.2, 0.25) is 5.91 Å². The highest BCUT2D eigenvalue weighted by Crippen LogP contribution is 2.10. The van der Waals surface area contributed by atoms with Gasteiger partial charge in [0.1, 0.15) is 11.6 Å². The van der Waals surface area contributed by atoms with Gasteiger partial charge in [-0.1, -0.05) is 30.3 Å². The van der Waals surface area contributed by atoms with E-state index in [-0.39, 0.29) is 24.4 Å². The molecule has 0 atom stereocenters. The van der Waals surface area contributed by atoms with Gasteiger partial charge in [-0.15, -0.1) is 0 Å². The van der Waals surface area contributed by atoms with Crippen molar-refractivity contribution in [3.63, 3.8) is 0 Å². The highest BCUT2D eigenvalue weighted by Gasteiger charge is 2.21. The van der Waals surface area contributed by atoms with E-state index in [1.54, 1.807) is 4.90 Å². The largest absolute Gasteiger partial charge is 0.351 e. The quantitative estimate of drug-likeness (QED) is 0.828. The molecule has 2 amide bonds. The van der Waals surface area contributed by atoms with E-state index in [1.165, 1.54) is 5.56 Å². The van der Waals surface area contributed by atoms with E-state index in [1.807, 2.05) is 18.2 Å². The first-order valence-corrected chi connectivity index (χ1v) is 9.30. The summed E-state index contributed by atoms with van der Waals surface area (Å²) in [4.78, 5) is 28.4. The van der Waals surface area contributed by atoms with Crippen molar-refractivity contribution >= 4 is 11.8 Å². The Hall–Kier alpha value is -2.80. The molecule has 0 bridgehead atoms. The maximum Gasteiger partial charge on any atom is 0.254 e. The monoisotopic (exact) mass is 387 g/mol. The molecule has 148 valence electrons. The van der Waals surface area contributed by atoms with Crippen LogP contribution in [0.5, 0.6) is 0 Å². The summed E-state index contributed by atoms with van der Waals surface area (Å²) in [7, 11) is 0. The van der Waals surface area contributed by atoms with E-state index >= 15 is 0 Å². The average Bonchev–Trinajstić information content (AvgIpc) is 2.69. The van der Waals surface area contributed by atoms with Crippen molar-refractivity contribution in [2.45, 2.75) is 13.0 Å². The normalized spacial score (nSPS) is 14.7. The highest BCUT2D eigenvalue weighted by molar-refractivity contribution is 5.94. The number of hydrogen-bond donors (Lipinski definition) is 1. The smallest absolute Gasteiger partial charge is 0.254 e. The van der Waals surface area contributed by atoms with Gasteiger partial charge >= 0.3 is 0 Å². The number of carbonyl (C=O) groups is 2. The minimum atomic E-state index is -0.918. The first-order valence-electron chi connectivity index (χ1n) is 9.30. The second-order valence-electron chi connectivity index (χ2n) is 6.77. The number of piperazine rings is 1. The van der Waals surface area contributed by atoms with Gasteiger partial charge in [-0.3, -0.25) is 14.5 Å². The van der Waals surface area contributed by atoms with Crippen LogP contribution in [0.4, 0.5) is 8.78 Å². The van der Waals surface area contributed by atoms with E-state index in [2.05, 4.69) is 22.3 Å². The van der Waals surface area contributed by atoms with E-state index in [0.29, 0.717) is 19.2 Å². The number of rotatable bonds is 6. The molecule has 1 aliphatic rings. The highest BCUT2D eigenvalue weighted by atomic mass is 19.1. The molecule has 1 heterocycles. The summed E-state index contributed by atoms with van der Waals surface area (Å²) in [6, 6.07) is 13.0. The molecule has 1 fully saturated rings. The van der Waals surface area contributed by atoms with Crippen LogP contribution in [0, 0.1) is 11.6 Å². The lowest BCUT2D eigenvalue weighted by atomic mass is 10.2. The van der Waals surface area contributed by atoms with Crippen LogP contribution < -0.4 is 5.32 Å². The number of halogens is 2. The SMILES string of the molecule is O=C(NCCC(=O)N1CCN(Cc2ccccc2)CC1)c1ccc(F)cc1F. The zero-order chi connectivity index (χ0) is 19.9. The lowest BCUT2D eigenvalue weighted by Gasteiger charge is -2.34. The molecule has 1 N–H and O–H groups in total. The van der Waals surface area contributed by atoms with Crippen LogP contribution in [-0.4, -0.2) is 54.3 Å². The van der Waals surface area contributed by atoms with E-state index in [9.17, 15) is 18.4 Å². The van der Waals surface area contributed by atoms with Gasteiger partial charge < -0.3 is 10.2 Å². The predicted molar refractivity (Wildman–Crippen MR) is 102 cm³/mol. The van der Waals surface area contributed by atoms with Gasteiger partial charge in [0.15, 0.2) is 0 Å². The predicted octanol–water partition coefficient (Wildman–Crippen LogP) is 2.43. The number of amides is 2. The van der Waals surface area contributed by atoms with Crippen molar-refractivity contribution in [3.05, 3.63) is 71.3 Å². The fraction of sp³-hybridized carbons (Fsp3) is 0.333. The molecule has 5 nitrogen and oxygen atoms in total. The molecule has 1 aliphatic heterocycles. The Balaban J connectivity index is 1.39. The number of hydrogen-bond acceptors (Lipinski definition) is 3. The summed E-state index contributed by atoms with van der Waals surface area (Å²) < 4.78 is 26.5. The maximum absolute atomic E-state index is 13.6. The Bertz CT molecular complexity index is 822. The topological polar surface area (TPSA) is 52.7 Å². The summed E-state index contributed by atoms with van der Waals surface area (Å²) in [5, 5.41) is 2.51. The number of benzene rings is 2. The van der Waals surface area contributed by atoms with Crippen LogP contribution in [0.1, 0.15) is 22.3 Å². The van der Waals surface area contributed by atoms with Gasteiger partial charge in [0.25, 0.3) is 5.91 Å². The third-order valence-electron chi connectivity index (χ3n) is 4.77. The third kappa shape index (κ3) is 5.36. The van der Waals surface area contributed by atoms with E-state index in [4.69, 9.17) is 0 Å². The minimum absolute atomic E-state index is 0.0424. The van der Waals surface area contributed by atoms with Crippen molar-refractivity contribution < 1.29 is 18.4 Å². The molecule has 28 heavy (non-hydrogen) atoms. The van der Waals surface area contributed by atoms with Crippen molar-refractivity contribution in [1.82, 2.24) is 15.1 Å². The van der Waals surface area contributed by atoms with Crippen LogP contribution in [0.3, 0.4) is 0 Å². The Kier molecular flexibility index (Phi) is 6.71. The summed E-state index contributed by atoms with van der Waals surface area (Å²) in [5.74, 6) is -2.36. The van der Waals surface area contributed by atoms with Crippen LogP contribution in [0.15, 0.2) is 48.5 Å². The fourth-order valence-corrected chi connectivity index (χ4v) is 3.21. The van der Waals surface area contributed by atoms with E-state index < -0.39 is 17.5 Å². The van der Waals surface area contributed by atoms with Crippen molar-refractivity contribution in [2.75, 3.05) is 32.7 Å². The van der Waals surface area contributed by atoms with Gasteiger partial charge in [0.05, 0.1) is 5.56 Å². The van der Waals surface area contributed by atoms with Crippen LogP contribution >= 0.6 is 0 Å². The lowest BCUT2D eigenvalue weighted by Crippen LogP contribution is -2.48. The second kappa shape index (κ2) is 9.41. The molecule has 1 saturated heterocycles. The van der Waals surface area contributed by atoms with Crippen molar-refractivity contribution in [1.29, 1.82) is 0 Å². The number of carbonyl (C=O) groups excluding carboxylic acids is 2. The zero-order valence-electron chi connectivity index (χ0n) is 15.5. The molecule has 0 unspecified atom stereocenters. The van der Waals surface area contributed by atoms with Crippen LogP contribution in [0.2, 0.25) is 0 Å². The molecule has 0 aromatic heterocycles. The van der Waals surface area contributed by atoms with E-state index in [0.717, 1.165) is 31.8 Å². The van der Waals surface area contributed by atoms with Gasteiger partial charge in [-0.05, 0) is 17.7 Å². The standard InChI is InChI=1S/C21H23F2N3O2/c22-17-6-7-18(19(23)14-17)21(28)24-9-8-20(27)26-12-10-25(11-13-26)15-16-4-2-1-3-5-16/h1-7,14H,8-13,15H2,(H,24,28). The van der Waals surface area contributed by atoms with Gasteiger partial charge in [-0.2, -0.15) is 0 Å². The van der Waals surface area contributed by atoms with Gasteiger partial charge in [-0.25, -0.2) is 8.78 Å². The lowest BCUT2D eigenvalue weighted by molar-refractivity contribution is -0.132. The first kappa shape index (κ1) is 19.9. The molecule has 0 saturated carbocycles. The number of nitrogens with zero attached hydrogens (tertiary/aromatic N) is 2. The molecule has 0 radical (unpaired) electrons. The Morgan fingerprint density at radius 1 is 0.964 bits per heavy atom. The minimum Gasteiger partial charge on any atom is -0.351 e. The molecular weight excluding hydrogens is 364 g/mol. The fourth-order valence-electron chi connectivity index (χ4n) is 3.21. The summed E-state index contributed by atoms with van der Waals surface area (Å²) in [5.41, 5.74) is 1.02. The molecule has 3 rings (SSSR count). The van der Waals surface area contributed by atoms with Crippen LogP contribution in [0.25, 0.3) is 0 Å². The van der Waals surface area contributed by atoms with Crippen LogP contribution in [-0.2, 0) is 11.3 Å². The van der Waals surface area contributed by atoms with Crippen molar-refractivity contribution in [3.8, 4) is 0 Å². The molecule has 2 aromatic carbocycles. The first-order chi connectivity index (χ1) is 13.5. The Morgan fingerprint density at radius 2 is 1.68 bits per heavy atom. The number of nitrogens with one attached hydrogen (secondary N) is 1.